The number of alkyl halides is 2. The van der Waals surface area contributed by atoms with Crippen LogP contribution in [0.5, 0.6) is 5.75 Å². The first kappa shape index (κ1) is 15.9. The summed E-state index contributed by atoms with van der Waals surface area (Å²) in [5.74, 6) is 0.178. The van der Waals surface area contributed by atoms with E-state index in [1.54, 1.807) is 24.3 Å². The van der Waals surface area contributed by atoms with E-state index in [0.29, 0.717) is 6.54 Å². The summed E-state index contributed by atoms with van der Waals surface area (Å²) in [5, 5.41) is 3.32. The van der Waals surface area contributed by atoms with Crippen molar-refractivity contribution in [3.63, 3.8) is 0 Å². The highest BCUT2D eigenvalue weighted by molar-refractivity contribution is 9.10. The molecule has 0 fully saturated rings. The van der Waals surface area contributed by atoms with E-state index in [9.17, 15) is 8.78 Å². The number of nitrogens with one attached hydrogen (secondary N) is 1. The zero-order valence-corrected chi connectivity index (χ0v) is 13.2. The number of halogens is 3. The molecule has 0 bridgehead atoms. The molecule has 2 nitrogen and oxygen atoms in total. The van der Waals surface area contributed by atoms with Gasteiger partial charge >= 0.3 is 6.61 Å². The van der Waals surface area contributed by atoms with Gasteiger partial charge in [0.25, 0.3) is 0 Å². The van der Waals surface area contributed by atoms with E-state index in [-0.39, 0.29) is 5.75 Å². The largest absolute Gasteiger partial charge is 0.435 e. The molecule has 2 rings (SSSR count). The SMILES string of the molecule is Cc1cc(CNCc2ccc(OC(F)F)cc2)ccc1Br. The van der Waals surface area contributed by atoms with Crippen molar-refractivity contribution >= 4 is 15.9 Å². The van der Waals surface area contributed by atoms with E-state index in [1.165, 1.54) is 11.1 Å². The number of aryl methyl sites for hydroxylation is 1. The Labute approximate surface area is 131 Å². The summed E-state index contributed by atoms with van der Waals surface area (Å²) in [4.78, 5) is 0. The summed E-state index contributed by atoms with van der Waals surface area (Å²) in [5.41, 5.74) is 3.42. The molecule has 0 aromatic heterocycles. The van der Waals surface area contributed by atoms with Crippen LogP contribution in [0.1, 0.15) is 16.7 Å². The van der Waals surface area contributed by atoms with Crippen LogP contribution >= 0.6 is 15.9 Å². The van der Waals surface area contributed by atoms with Crippen molar-refractivity contribution in [2.24, 2.45) is 0 Å². The lowest BCUT2D eigenvalue weighted by Gasteiger charge is -2.08. The zero-order valence-electron chi connectivity index (χ0n) is 11.6. The molecule has 5 heteroatoms. The van der Waals surface area contributed by atoms with Gasteiger partial charge in [-0.3, -0.25) is 0 Å². The Morgan fingerprint density at radius 2 is 1.67 bits per heavy atom. The first-order chi connectivity index (χ1) is 10.0. The molecular formula is C16H16BrF2NO. The van der Waals surface area contributed by atoms with Gasteiger partial charge in [-0.15, -0.1) is 0 Å². The summed E-state index contributed by atoms with van der Waals surface area (Å²) in [7, 11) is 0. The van der Waals surface area contributed by atoms with E-state index in [0.717, 1.165) is 16.6 Å². The number of hydrogen-bond acceptors (Lipinski definition) is 2. The maximum Gasteiger partial charge on any atom is 0.387 e. The molecule has 0 aliphatic rings. The van der Waals surface area contributed by atoms with Crippen molar-refractivity contribution in [3.8, 4) is 5.75 Å². The summed E-state index contributed by atoms with van der Waals surface area (Å²) in [6, 6.07) is 12.9. The van der Waals surface area contributed by atoms with Gasteiger partial charge in [0.1, 0.15) is 5.75 Å². The molecule has 0 unspecified atom stereocenters. The molecule has 0 spiro atoms. The fourth-order valence-corrected chi connectivity index (χ4v) is 2.20. The Kier molecular flexibility index (Phi) is 5.70. The molecule has 2 aromatic carbocycles. The number of rotatable bonds is 6. The van der Waals surface area contributed by atoms with Crippen molar-refractivity contribution in [1.82, 2.24) is 5.32 Å². The molecule has 1 N–H and O–H groups in total. The summed E-state index contributed by atoms with van der Waals surface area (Å²) in [6.45, 7) is 0.692. The Balaban J connectivity index is 1.84. The fourth-order valence-electron chi connectivity index (χ4n) is 1.96. The molecule has 112 valence electrons. The Morgan fingerprint density at radius 3 is 2.29 bits per heavy atom. The second kappa shape index (κ2) is 7.52. The van der Waals surface area contributed by atoms with E-state index in [4.69, 9.17) is 0 Å². The van der Waals surface area contributed by atoms with Crippen LogP contribution in [0.15, 0.2) is 46.9 Å². The smallest absolute Gasteiger partial charge is 0.387 e. The summed E-state index contributed by atoms with van der Waals surface area (Å²) >= 11 is 3.47. The molecule has 0 heterocycles. The van der Waals surface area contributed by atoms with E-state index in [1.807, 2.05) is 6.07 Å². The van der Waals surface area contributed by atoms with Crippen LogP contribution in [0, 0.1) is 6.92 Å². The average Bonchev–Trinajstić information content (AvgIpc) is 2.44. The third-order valence-corrected chi connectivity index (χ3v) is 3.92. The number of benzene rings is 2. The van der Waals surface area contributed by atoms with Crippen molar-refractivity contribution in [3.05, 3.63) is 63.6 Å². The number of hydrogen-bond donors (Lipinski definition) is 1. The van der Waals surface area contributed by atoms with Gasteiger partial charge in [0.15, 0.2) is 0 Å². The van der Waals surface area contributed by atoms with E-state index < -0.39 is 6.61 Å². The van der Waals surface area contributed by atoms with Crippen molar-refractivity contribution in [1.29, 1.82) is 0 Å². The molecule has 0 radical (unpaired) electrons. The molecule has 2 aromatic rings. The van der Waals surface area contributed by atoms with E-state index >= 15 is 0 Å². The Hall–Kier alpha value is -1.46. The Bertz CT molecular complexity index is 587. The lowest BCUT2D eigenvalue weighted by molar-refractivity contribution is -0.0498. The van der Waals surface area contributed by atoms with Crippen LogP contribution < -0.4 is 10.1 Å². The predicted molar refractivity (Wildman–Crippen MR) is 82.5 cm³/mol. The van der Waals surface area contributed by atoms with Crippen molar-refractivity contribution in [2.45, 2.75) is 26.6 Å². The van der Waals surface area contributed by atoms with Gasteiger partial charge in [0.2, 0.25) is 0 Å². The monoisotopic (exact) mass is 355 g/mol. The molecule has 0 saturated heterocycles. The summed E-state index contributed by atoms with van der Waals surface area (Å²) < 4.78 is 29.5. The first-order valence-electron chi connectivity index (χ1n) is 6.54. The van der Waals surface area contributed by atoms with Gasteiger partial charge in [-0.05, 0) is 41.8 Å². The third kappa shape index (κ3) is 5.10. The third-order valence-electron chi connectivity index (χ3n) is 3.03. The average molecular weight is 356 g/mol. The standard InChI is InChI=1S/C16H16BrF2NO/c1-11-8-13(4-7-15(11)17)10-20-9-12-2-5-14(6-3-12)21-16(18)19/h2-8,16,20H,9-10H2,1H3. The van der Waals surface area contributed by atoms with Crippen molar-refractivity contribution in [2.75, 3.05) is 0 Å². The molecule has 0 amide bonds. The van der Waals surface area contributed by atoms with Gasteiger partial charge < -0.3 is 10.1 Å². The summed E-state index contributed by atoms with van der Waals surface area (Å²) in [6.07, 6.45) is 0. The van der Waals surface area contributed by atoms with Gasteiger partial charge in [0, 0.05) is 17.6 Å². The van der Waals surface area contributed by atoms with Crippen molar-refractivity contribution < 1.29 is 13.5 Å². The first-order valence-corrected chi connectivity index (χ1v) is 7.33. The minimum absolute atomic E-state index is 0.178. The maximum absolute atomic E-state index is 12.0. The minimum atomic E-state index is -2.78. The van der Waals surface area contributed by atoms with Gasteiger partial charge in [-0.1, -0.05) is 40.2 Å². The van der Waals surface area contributed by atoms with Gasteiger partial charge in [0.05, 0.1) is 0 Å². The second-order valence-electron chi connectivity index (χ2n) is 4.71. The van der Waals surface area contributed by atoms with Crippen LogP contribution in [0.2, 0.25) is 0 Å². The van der Waals surface area contributed by atoms with Gasteiger partial charge in [-0.25, -0.2) is 0 Å². The molecular weight excluding hydrogens is 340 g/mol. The van der Waals surface area contributed by atoms with Crippen LogP contribution in [-0.4, -0.2) is 6.61 Å². The number of ether oxygens (including phenoxy) is 1. The zero-order chi connectivity index (χ0) is 15.2. The topological polar surface area (TPSA) is 21.3 Å². The maximum atomic E-state index is 12.0. The highest BCUT2D eigenvalue weighted by Gasteiger charge is 2.03. The van der Waals surface area contributed by atoms with Crippen LogP contribution in [-0.2, 0) is 13.1 Å². The van der Waals surface area contributed by atoms with Crippen LogP contribution in [0.3, 0.4) is 0 Å². The lowest BCUT2D eigenvalue weighted by Crippen LogP contribution is -2.12. The molecule has 0 aliphatic carbocycles. The Morgan fingerprint density at radius 1 is 1.05 bits per heavy atom. The van der Waals surface area contributed by atoms with Crippen LogP contribution in [0.4, 0.5) is 8.78 Å². The fraction of sp³-hybridized carbons (Fsp3) is 0.250. The van der Waals surface area contributed by atoms with Gasteiger partial charge in [-0.2, -0.15) is 8.78 Å². The predicted octanol–water partition coefficient (Wildman–Crippen LogP) is 4.65. The van der Waals surface area contributed by atoms with Crippen LogP contribution in [0.25, 0.3) is 0 Å². The molecule has 0 atom stereocenters. The minimum Gasteiger partial charge on any atom is -0.435 e. The quantitative estimate of drug-likeness (QED) is 0.814. The highest BCUT2D eigenvalue weighted by atomic mass is 79.9. The highest BCUT2D eigenvalue weighted by Crippen LogP contribution is 2.17. The molecule has 0 saturated carbocycles. The van der Waals surface area contributed by atoms with E-state index in [2.05, 4.69) is 45.0 Å². The molecule has 0 aliphatic heterocycles. The second-order valence-corrected chi connectivity index (χ2v) is 5.56. The lowest BCUT2D eigenvalue weighted by atomic mass is 10.1. The molecule has 21 heavy (non-hydrogen) atoms. The normalized spacial score (nSPS) is 10.9.